The normalized spacial score (nSPS) is 20.6. The first kappa shape index (κ1) is 26.8. The molecule has 2 aliphatic rings. The second-order valence-corrected chi connectivity index (χ2v) is 15.4. The third-order valence-corrected chi connectivity index (χ3v) is 14.9. The first-order chi connectivity index (χ1) is 19.2. The van der Waals surface area contributed by atoms with E-state index < -0.39 is 16.1 Å². The highest BCUT2D eigenvalue weighted by Crippen LogP contribution is 2.77. The third-order valence-electron chi connectivity index (χ3n) is 8.22. The fourth-order valence-corrected chi connectivity index (χ4v) is 14.3. The molecule has 0 bridgehead atoms. The van der Waals surface area contributed by atoms with Gasteiger partial charge in [-0.05, 0) is 69.1 Å². The number of hydrogen-bond donors (Lipinski definition) is 0. The Morgan fingerprint density at radius 1 is 0.538 bits per heavy atom. The van der Waals surface area contributed by atoms with Crippen LogP contribution in [0.4, 0.5) is 8.78 Å². The number of benzene rings is 4. The number of halogens is 2. The summed E-state index contributed by atoms with van der Waals surface area (Å²) in [6, 6.07) is 36.3. The number of nitrogens with zero attached hydrogens (tertiary/aromatic N) is 1. The summed E-state index contributed by atoms with van der Waals surface area (Å²) in [6.07, 6.45) is 7.95. The SMILES string of the molecule is Fc1ccccc1P(c1ccccc1F)N(C1CCCCC1)P1[C@H](c2ccccc2)CC[C@H]1c1ccccc1. The summed E-state index contributed by atoms with van der Waals surface area (Å²) in [5.41, 5.74) is 3.44. The van der Waals surface area contributed by atoms with Gasteiger partial charge in [0.05, 0.1) is 0 Å². The highest BCUT2D eigenvalue weighted by atomic mass is 31.2. The maximum Gasteiger partial charge on any atom is 0.132 e. The Morgan fingerprint density at radius 2 is 0.974 bits per heavy atom. The molecule has 1 aliphatic carbocycles. The molecule has 6 rings (SSSR count). The van der Waals surface area contributed by atoms with E-state index in [1.807, 2.05) is 24.3 Å². The molecule has 4 aromatic carbocycles. The van der Waals surface area contributed by atoms with Crippen LogP contribution in [0, 0.1) is 11.6 Å². The number of rotatable bonds is 7. The van der Waals surface area contributed by atoms with Gasteiger partial charge in [0.25, 0.3) is 0 Å². The molecule has 1 nitrogen and oxygen atoms in total. The van der Waals surface area contributed by atoms with Crippen LogP contribution in [0.1, 0.15) is 67.4 Å². The van der Waals surface area contributed by atoms with Crippen molar-refractivity contribution in [3.05, 3.63) is 132 Å². The second-order valence-electron chi connectivity index (χ2n) is 10.6. The van der Waals surface area contributed by atoms with E-state index in [1.54, 1.807) is 24.3 Å². The van der Waals surface area contributed by atoms with Gasteiger partial charge in [-0.2, -0.15) is 0 Å². The van der Waals surface area contributed by atoms with Gasteiger partial charge in [-0.25, -0.2) is 13.2 Å². The van der Waals surface area contributed by atoms with Gasteiger partial charge in [-0.1, -0.05) is 104 Å². The predicted octanol–water partition coefficient (Wildman–Crippen LogP) is 9.62. The minimum atomic E-state index is -1.41. The summed E-state index contributed by atoms with van der Waals surface area (Å²) in [5.74, 6) is -0.455. The van der Waals surface area contributed by atoms with E-state index in [0.717, 1.165) is 25.7 Å². The maximum atomic E-state index is 15.8. The zero-order valence-electron chi connectivity index (χ0n) is 22.2. The molecular weight excluding hydrogens is 522 g/mol. The molecule has 1 saturated carbocycles. The molecule has 0 radical (unpaired) electrons. The molecule has 1 heterocycles. The summed E-state index contributed by atoms with van der Waals surface area (Å²) in [5, 5.41) is 1.30. The lowest BCUT2D eigenvalue weighted by atomic mass is 9.96. The van der Waals surface area contributed by atoms with Crippen molar-refractivity contribution in [2.24, 2.45) is 0 Å². The van der Waals surface area contributed by atoms with Crippen molar-refractivity contribution in [1.29, 1.82) is 0 Å². The average molecular weight is 558 g/mol. The molecule has 1 saturated heterocycles. The van der Waals surface area contributed by atoms with E-state index >= 15 is 8.78 Å². The molecule has 0 N–H and O–H groups in total. The minimum Gasteiger partial charge on any atom is -0.248 e. The molecule has 1 aliphatic heterocycles. The summed E-state index contributed by atoms with van der Waals surface area (Å²) in [7, 11) is -2.21. The van der Waals surface area contributed by atoms with Crippen molar-refractivity contribution in [2.45, 2.75) is 62.3 Å². The average Bonchev–Trinajstić information content (AvgIpc) is 3.43. The van der Waals surface area contributed by atoms with Gasteiger partial charge in [0, 0.05) is 36.0 Å². The third kappa shape index (κ3) is 5.60. The van der Waals surface area contributed by atoms with Crippen molar-refractivity contribution >= 4 is 26.8 Å². The minimum absolute atomic E-state index is 0.227. The fourth-order valence-electron chi connectivity index (χ4n) is 6.44. The molecule has 0 unspecified atom stereocenters. The lowest BCUT2D eigenvalue weighted by molar-refractivity contribution is 0.351. The van der Waals surface area contributed by atoms with Crippen LogP contribution in [0.3, 0.4) is 0 Å². The Hall–Kier alpha value is -2.44. The Kier molecular flexibility index (Phi) is 8.50. The van der Waals surface area contributed by atoms with Crippen LogP contribution in [0.5, 0.6) is 0 Å². The molecule has 0 spiro atoms. The van der Waals surface area contributed by atoms with E-state index in [4.69, 9.17) is 0 Å². The first-order valence-corrected chi connectivity index (χ1v) is 16.9. The van der Waals surface area contributed by atoms with Gasteiger partial charge in [0.1, 0.15) is 11.6 Å². The molecule has 2 atom stereocenters. The van der Waals surface area contributed by atoms with Crippen LogP contribution < -0.4 is 10.6 Å². The van der Waals surface area contributed by atoms with E-state index in [0.29, 0.717) is 28.0 Å². The summed E-state index contributed by atoms with van der Waals surface area (Å²) >= 11 is 0. The van der Waals surface area contributed by atoms with E-state index in [2.05, 4.69) is 65.1 Å². The van der Waals surface area contributed by atoms with Crippen LogP contribution in [0.15, 0.2) is 109 Å². The zero-order valence-corrected chi connectivity index (χ0v) is 24.0. The van der Waals surface area contributed by atoms with Crippen molar-refractivity contribution in [3.63, 3.8) is 0 Å². The molecule has 2 fully saturated rings. The topological polar surface area (TPSA) is 3.24 Å². The maximum absolute atomic E-state index is 15.8. The first-order valence-electron chi connectivity index (χ1n) is 14.2. The zero-order chi connectivity index (χ0) is 26.6. The van der Waals surface area contributed by atoms with Gasteiger partial charge in [0.15, 0.2) is 0 Å². The van der Waals surface area contributed by atoms with Crippen LogP contribution in [-0.4, -0.2) is 10.5 Å². The second kappa shape index (κ2) is 12.4. The molecule has 0 amide bonds. The van der Waals surface area contributed by atoms with Crippen LogP contribution in [0.2, 0.25) is 0 Å². The Balaban J connectivity index is 1.58. The lowest BCUT2D eigenvalue weighted by Gasteiger charge is -2.47. The van der Waals surface area contributed by atoms with Crippen molar-refractivity contribution < 1.29 is 8.78 Å². The molecule has 0 aromatic heterocycles. The van der Waals surface area contributed by atoms with Crippen molar-refractivity contribution in [3.8, 4) is 0 Å². The predicted molar refractivity (Wildman–Crippen MR) is 162 cm³/mol. The standard InChI is InChI=1S/C34H35F2NP2/c35-29-20-10-12-22-33(29)39(34-23-13-11-21-30(34)36)37(28-18-8-3-9-19-28)38-31(26-14-4-1-5-15-26)24-25-32(38)27-16-6-2-7-17-27/h1-2,4-7,10-17,20-23,28,31-32H,3,8-9,18-19,24-25H2/t31-,32-/m0/s1. The Bertz CT molecular complexity index is 1270. The van der Waals surface area contributed by atoms with E-state index in [-0.39, 0.29) is 11.6 Å². The smallest absolute Gasteiger partial charge is 0.132 e. The van der Waals surface area contributed by atoms with Gasteiger partial charge in [-0.15, -0.1) is 0 Å². The Labute approximate surface area is 233 Å². The molecule has 5 heteroatoms. The van der Waals surface area contributed by atoms with Crippen molar-refractivity contribution in [1.82, 2.24) is 4.44 Å². The number of hydrogen-bond acceptors (Lipinski definition) is 1. The van der Waals surface area contributed by atoms with Crippen LogP contribution in [-0.2, 0) is 0 Å². The summed E-state index contributed by atoms with van der Waals surface area (Å²) < 4.78 is 34.3. The van der Waals surface area contributed by atoms with E-state index in [1.165, 1.54) is 30.4 Å². The monoisotopic (exact) mass is 557 g/mol. The molecular formula is C34H35F2NP2. The van der Waals surface area contributed by atoms with E-state index in [9.17, 15) is 0 Å². The fraction of sp³-hybridized carbons (Fsp3) is 0.294. The summed E-state index contributed by atoms with van der Waals surface area (Å²) in [6.45, 7) is 0. The largest absolute Gasteiger partial charge is 0.248 e. The van der Waals surface area contributed by atoms with Crippen LogP contribution >= 0.6 is 16.1 Å². The lowest BCUT2D eigenvalue weighted by Crippen LogP contribution is -2.37. The molecule has 4 aromatic rings. The highest BCUT2D eigenvalue weighted by Gasteiger charge is 2.47. The van der Waals surface area contributed by atoms with Crippen LogP contribution in [0.25, 0.3) is 0 Å². The van der Waals surface area contributed by atoms with Gasteiger partial charge in [-0.3, -0.25) is 0 Å². The van der Waals surface area contributed by atoms with Gasteiger partial charge < -0.3 is 0 Å². The summed E-state index contributed by atoms with van der Waals surface area (Å²) in [4.78, 5) is 0. The highest BCUT2D eigenvalue weighted by molar-refractivity contribution is 7.79. The molecule has 39 heavy (non-hydrogen) atoms. The van der Waals surface area contributed by atoms with Crippen molar-refractivity contribution in [2.75, 3.05) is 0 Å². The van der Waals surface area contributed by atoms with Gasteiger partial charge >= 0.3 is 0 Å². The van der Waals surface area contributed by atoms with Gasteiger partial charge in [0.2, 0.25) is 0 Å². The quantitative estimate of drug-likeness (QED) is 0.205. The Morgan fingerprint density at radius 3 is 1.44 bits per heavy atom. The molecule has 200 valence electrons.